The fourth-order valence-electron chi connectivity index (χ4n) is 4.33. The molecule has 0 aliphatic carbocycles. The summed E-state index contributed by atoms with van der Waals surface area (Å²) in [5.74, 6) is -0.300. The number of amides is 1. The Bertz CT molecular complexity index is 1110. The highest BCUT2D eigenvalue weighted by Crippen LogP contribution is 2.52. The van der Waals surface area contributed by atoms with E-state index in [1.54, 1.807) is 13.2 Å². The van der Waals surface area contributed by atoms with E-state index in [-0.39, 0.29) is 11.7 Å². The minimum absolute atomic E-state index is 0.0774. The van der Waals surface area contributed by atoms with Gasteiger partial charge in [0, 0.05) is 22.5 Å². The molecule has 2 aliphatic rings. The Balaban J connectivity index is 1.78. The molecule has 5 rings (SSSR count). The molecule has 0 radical (unpaired) electrons. The molecule has 28 heavy (non-hydrogen) atoms. The molecule has 0 saturated carbocycles. The van der Waals surface area contributed by atoms with Crippen LogP contribution in [0, 0.1) is 0 Å². The largest absolute Gasteiger partial charge is 0.497 e. The van der Waals surface area contributed by atoms with Crippen molar-refractivity contribution in [2.24, 2.45) is 0 Å². The Hall–Kier alpha value is -3.60. The van der Waals surface area contributed by atoms with Crippen LogP contribution in [-0.2, 0) is 10.3 Å². The minimum atomic E-state index is -1.20. The lowest BCUT2D eigenvalue weighted by molar-refractivity contribution is -0.120. The number of nitrogens with one attached hydrogen (secondary N) is 2. The van der Waals surface area contributed by atoms with Crippen LogP contribution in [0.2, 0.25) is 0 Å². The highest BCUT2D eigenvalue weighted by atomic mass is 16.5. The first kappa shape index (κ1) is 16.6. The van der Waals surface area contributed by atoms with Gasteiger partial charge in [0.1, 0.15) is 5.75 Å². The molecular formula is C23H18N2O3. The topological polar surface area (TPSA) is 67.4 Å². The third kappa shape index (κ3) is 2.13. The number of benzene rings is 3. The second-order valence-electron chi connectivity index (χ2n) is 7.05. The Kier molecular flexibility index (Phi) is 3.52. The maximum atomic E-state index is 13.6. The summed E-state index contributed by atoms with van der Waals surface area (Å²) in [7, 11) is 1.60. The van der Waals surface area contributed by atoms with Crippen molar-refractivity contribution >= 4 is 23.1 Å². The fourth-order valence-corrected chi connectivity index (χ4v) is 4.33. The number of hydrogen-bond acceptors (Lipinski definition) is 4. The lowest BCUT2D eigenvalue weighted by atomic mass is 9.69. The van der Waals surface area contributed by atoms with Crippen molar-refractivity contribution in [1.82, 2.24) is 0 Å². The molecule has 5 heteroatoms. The molecule has 0 aromatic heterocycles. The first-order valence-corrected chi connectivity index (χ1v) is 9.11. The molecule has 5 nitrogen and oxygen atoms in total. The lowest BCUT2D eigenvalue weighted by Crippen LogP contribution is -2.52. The number of fused-ring (bicyclic) bond motifs is 3. The van der Waals surface area contributed by atoms with Gasteiger partial charge in [-0.15, -0.1) is 0 Å². The second-order valence-corrected chi connectivity index (χ2v) is 7.05. The van der Waals surface area contributed by atoms with Gasteiger partial charge in [0.05, 0.1) is 13.0 Å². The maximum Gasteiger partial charge on any atom is 0.255 e. The van der Waals surface area contributed by atoms with Crippen LogP contribution in [0.4, 0.5) is 11.4 Å². The van der Waals surface area contributed by atoms with Crippen LogP contribution >= 0.6 is 0 Å². The number of anilines is 2. The van der Waals surface area contributed by atoms with Crippen molar-refractivity contribution in [3.8, 4) is 5.75 Å². The van der Waals surface area contributed by atoms with Crippen molar-refractivity contribution in [1.29, 1.82) is 0 Å². The molecule has 2 aliphatic heterocycles. The zero-order valence-electron chi connectivity index (χ0n) is 15.2. The summed E-state index contributed by atoms with van der Waals surface area (Å²) < 4.78 is 5.25. The van der Waals surface area contributed by atoms with Crippen molar-refractivity contribution in [3.05, 3.63) is 89.5 Å². The standard InChI is InChI=1S/C23H18N2O3/c1-28-15-12-10-14(11-13-15)20-21(26)16-6-2-4-8-18(16)25-23(20)17-7-3-5-9-19(17)24-22(23)27/h2-13,20,25H,1H3,(H,24,27). The number of carbonyl (C=O) groups excluding carboxylic acids is 2. The predicted molar refractivity (Wildman–Crippen MR) is 107 cm³/mol. The molecule has 2 unspecified atom stereocenters. The van der Waals surface area contributed by atoms with E-state index in [0.717, 1.165) is 16.8 Å². The van der Waals surface area contributed by atoms with E-state index in [1.165, 1.54) is 0 Å². The van der Waals surface area contributed by atoms with Gasteiger partial charge in [-0.05, 0) is 35.9 Å². The van der Waals surface area contributed by atoms with Crippen LogP contribution in [0.5, 0.6) is 5.75 Å². The zero-order valence-corrected chi connectivity index (χ0v) is 15.2. The van der Waals surface area contributed by atoms with Gasteiger partial charge < -0.3 is 15.4 Å². The molecule has 3 aromatic rings. The molecule has 0 saturated heterocycles. The van der Waals surface area contributed by atoms with Crippen LogP contribution in [0.15, 0.2) is 72.8 Å². The highest BCUT2D eigenvalue weighted by molar-refractivity contribution is 6.18. The SMILES string of the molecule is COc1ccc(C2C(=O)c3ccccc3NC23C(=O)Nc2ccccc23)cc1. The van der Waals surface area contributed by atoms with E-state index in [9.17, 15) is 9.59 Å². The van der Waals surface area contributed by atoms with E-state index in [1.807, 2.05) is 66.7 Å². The summed E-state index contributed by atoms with van der Waals surface area (Å²) in [4.78, 5) is 27.0. The minimum Gasteiger partial charge on any atom is -0.497 e. The normalized spacial score (nSPS) is 22.2. The van der Waals surface area contributed by atoms with Gasteiger partial charge in [0.2, 0.25) is 0 Å². The smallest absolute Gasteiger partial charge is 0.255 e. The number of para-hydroxylation sites is 2. The van der Waals surface area contributed by atoms with Crippen molar-refractivity contribution < 1.29 is 14.3 Å². The Morgan fingerprint density at radius 1 is 0.857 bits per heavy atom. The molecule has 1 amide bonds. The van der Waals surface area contributed by atoms with Crippen molar-refractivity contribution in [2.45, 2.75) is 11.5 Å². The summed E-state index contributed by atoms with van der Waals surface area (Å²) in [5.41, 5.74) is 2.33. The number of ketones is 1. The quantitative estimate of drug-likeness (QED) is 0.717. The molecule has 2 atom stereocenters. The zero-order chi connectivity index (χ0) is 19.3. The van der Waals surface area contributed by atoms with Crippen LogP contribution in [0.25, 0.3) is 0 Å². The average Bonchev–Trinajstić information content (AvgIpc) is 3.00. The fraction of sp³-hybridized carbons (Fsp3) is 0.130. The number of hydrogen-bond donors (Lipinski definition) is 2. The Morgan fingerprint density at radius 3 is 2.29 bits per heavy atom. The van der Waals surface area contributed by atoms with Gasteiger partial charge >= 0.3 is 0 Å². The van der Waals surface area contributed by atoms with Gasteiger partial charge in [-0.1, -0.05) is 42.5 Å². The van der Waals surface area contributed by atoms with Gasteiger partial charge in [-0.3, -0.25) is 9.59 Å². The molecule has 0 bridgehead atoms. The molecule has 3 aromatic carbocycles. The number of ether oxygens (including phenoxy) is 1. The molecule has 2 heterocycles. The van der Waals surface area contributed by atoms with Crippen LogP contribution < -0.4 is 15.4 Å². The van der Waals surface area contributed by atoms with E-state index >= 15 is 0 Å². The summed E-state index contributed by atoms with van der Waals surface area (Å²) in [6.07, 6.45) is 0. The molecule has 0 fully saturated rings. The third-order valence-electron chi connectivity index (χ3n) is 5.63. The van der Waals surface area contributed by atoms with Crippen LogP contribution in [0.3, 0.4) is 0 Å². The molecular weight excluding hydrogens is 352 g/mol. The van der Waals surface area contributed by atoms with Crippen molar-refractivity contribution in [2.75, 3.05) is 17.7 Å². The van der Waals surface area contributed by atoms with E-state index in [4.69, 9.17) is 4.74 Å². The average molecular weight is 370 g/mol. The summed E-state index contributed by atoms with van der Waals surface area (Å²) >= 11 is 0. The Morgan fingerprint density at radius 2 is 1.54 bits per heavy atom. The monoisotopic (exact) mass is 370 g/mol. The Labute approximate surface area is 162 Å². The van der Waals surface area contributed by atoms with Gasteiger partial charge in [-0.2, -0.15) is 0 Å². The van der Waals surface area contributed by atoms with Crippen LogP contribution in [0.1, 0.15) is 27.4 Å². The summed E-state index contributed by atoms with van der Waals surface area (Å²) in [6.45, 7) is 0. The van der Waals surface area contributed by atoms with E-state index in [2.05, 4.69) is 10.6 Å². The number of carbonyl (C=O) groups is 2. The van der Waals surface area contributed by atoms with Gasteiger partial charge in [-0.25, -0.2) is 0 Å². The van der Waals surface area contributed by atoms with E-state index in [0.29, 0.717) is 17.0 Å². The molecule has 2 N–H and O–H groups in total. The summed E-state index contributed by atoms with van der Waals surface area (Å²) in [6, 6.07) is 22.2. The molecule has 138 valence electrons. The second kappa shape index (κ2) is 5.96. The first-order valence-electron chi connectivity index (χ1n) is 9.11. The third-order valence-corrected chi connectivity index (χ3v) is 5.63. The first-order chi connectivity index (χ1) is 13.6. The van der Waals surface area contributed by atoms with E-state index < -0.39 is 11.5 Å². The lowest BCUT2D eigenvalue weighted by Gasteiger charge is -2.41. The number of Topliss-reactive ketones (excluding diaryl/α,β-unsaturated/α-hetero) is 1. The van der Waals surface area contributed by atoms with Crippen LogP contribution in [-0.4, -0.2) is 18.8 Å². The maximum absolute atomic E-state index is 13.6. The van der Waals surface area contributed by atoms with Gasteiger partial charge in [0.25, 0.3) is 5.91 Å². The molecule has 1 spiro atoms. The van der Waals surface area contributed by atoms with Crippen molar-refractivity contribution in [3.63, 3.8) is 0 Å². The number of methoxy groups -OCH3 is 1. The highest BCUT2D eigenvalue weighted by Gasteiger charge is 2.58. The number of rotatable bonds is 2. The predicted octanol–water partition coefficient (Wildman–Crippen LogP) is 3.93. The summed E-state index contributed by atoms with van der Waals surface area (Å²) in [5, 5.41) is 6.38. The van der Waals surface area contributed by atoms with Gasteiger partial charge in [0.15, 0.2) is 11.3 Å².